The van der Waals surface area contributed by atoms with Gasteiger partial charge >= 0.3 is 0 Å². The van der Waals surface area contributed by atoms with E-state index in [-0.39, 0.29) is 17.3 Å². The van der Waals surface area contributed by atoms with Gasteiger partial charge in [0.05, 0.1) is 16.5 Å². The molecular formula is C19H19N5O3. The molecule has 0 spiro atoms. The molecule has 1 aliphatic carbocycles. The standard InChI is InChI=1S/C19H19N5O3/c1-12(19-20-7-2-8-21-19)22-16-10-18(25)23(11-13-3-4-13)17-6-5-14(24(26)27)9-15(16)17/h2,5-10,12-13,22H,3-4,11H2,1H3. The molecule has 1 saturated carbocycles. The highest BCUT2D eigenvalue weighted by Gasteiger charge is 2.24. The molecule has 0 aliphatic heterocycles. The maximum absolute atomic E-state index is 12.7. The number of nitro benzene ring substituents is 1. The Labute approximate surface area is 155 Å². The fourth-order valence-electron chi connectivity index (χ4n) is 3.18. The third kappa shape index (κ3) is 3.51. The van der Waals surface area contributed by atoms with Gasteiger partial charge in [0.1, 0.15) is 5.82 Å². The van der Waals surface area contributed by atoms with Crippen molar-refractivity contribution >= 4 is 22.3 Å². The zero-order valence-corrected chi connectivity index (χ0v) is 14.8. The van der Waals surface area contributed by atoms with E-state index in [1.165, 1.54) is 18.2 Å². The Hall–Kier alpha value is -3.29. The van der Waals surface area contributed by atoms with Crippen molar-refractivity contribution < 1.29 is 4.92 Å². The summed E-state index contributed by atoms with van der Waals surface area (Å²) in [5.41, 5.74) is 1.12. The van der Waals surface area contributed by atoms with Gasteiger partial charge in [0, 0.05) is 48.2 Å². The van der Waals surface area contributed by atoms with Crippen LogP contribution in [0.5, 0.6) is 0 Å². The third-order valence-corrected chi connectivity index (χ3v) is 4.79. The third-order valence-electron chi connectivity index (χ3n) is 4.79. The fraction of sp³-hybridized carbons (Fsp3) is 0.316. The first-order valence-electron chi connectivity index (χ1n) is 8.88. The minimum atomic E-state index is -0.427. The monoisotopic (exact) mass is 365 g/mol. The Bertz CT molecular complexity index is 1060. The second-order valence-corrected chi connectivity index (χ2v) is 6.88. The summed E-state index contributed by atoms with van der Waals surface area (Å²) >= 11 is 0. The molecule has 1 fully saturated rings. The average Bonchev–Trinajstić information content (AvgIpc) is 3.49. The molecule has 1 N–H and O–H groups in total. The highest BCUT2D eigenvalue weighted by atomic mass is 16.6. The lowest BCUT2D eigenvalue weighted by Gasteiger charge is -2.18. The van der Waals surface area contributed by atoms with E-state index < -0.39 is 4.92 Å². The van der Waals surface area contributed by atoms with Crippen molar-refractivity contribution in [3.05, 3.63) is 69.0 Å². The summed E-state index contributed by atoms with van der Waals surface area (Å²) in [6.45, 7) is 2.53. The number of benzene rings is 1. The van der Waals surface area contributed by atoms with Gasteiger partial charge in [-0.15, -0.1) is 0 Å². The number of hydrogen-bond acceptors (Lipinski definition) is 6. The largest absolute Gasteiger partial charge is 0.375 e. The summed E-state index contributed by atoms with van der Waals surface area (Å²) in [4.78, 5) is 32.0. The van der Waals surface area contributed by atoms with Gasteiger partial charge in [0.2, 0.25) is 0 Å². The van der Waals surface area contributed by atoms with Crippen LogP contribution in [-0.2, 0) is 6.54 Å². The SMILES string of the molecule is CC(Nc1cc(=O)n(CC2CC2)c2ccc([N+](=O)[O-])cc12)c1ncccn1. The second kappa shape index (κ2) is 6.79. The number of aromatic nitrogens is 3. The van der Waals surface area contributed by atoms with E-state index in [0.717, 1.165) is 12.8 Å². The normalized spacial score (nSPS) is 14.9. The number of rotatable bonds is 6. The van der Waals surface area contributed by atoms with E-state index in [0.29, 0.717) is 34.9 Å². The lowest BCUT2D eigenvalue weighted by Crippen LogP contribution is -2.22. The van der Waals surface area contributed by atoms with Crippen molar-refractivity contribution in [2.24, 2.45) is 5.92 Å². The van der Waals surface area contributed by atoms with Crippen LogP contribution in [0.2, 0.25) is 0 Å². The molecule has 0 bridgehead atoms. The predicted molar refractivity (Wildman–Crippen MR) is 102 cm³/mol. The lowest BCUT2D eigenvalue weighted by molar-refractivity contribution is -0.384. The first-order chi connectivity index (χ1) is 13.0. The molecule has 3 aromatic rings. The van der Waals surface area contributed by atoms with Gasteiger partial charge in [-0.25, -0.2) is 9.97 Å². The maximum Gasteiger partial charge on any atom is 0.270 e. The molecule has 4 rings (SSSR count). The van der Waals surface area contributed by atoms with Crippen LogP contribution in [0.4, 0.5) is 11.4 Å². The summed E-state index contributed by atoms with van der Waals surface area (Å²) in [6.07, 6.45) is 5.53. The van der Waals surface area contributed by atoms with Gasteiger partial charge in [-0.3, -0.25) is 14.9 Å². The Kier molecular flexibility index (Phi) is 4.31. The van der Waals surface area contributed by atoms with E-state index in [2.05, 4.69) is 15.3 Å². The van der Waals surface area contributed by atoms with Crippen LogP contribution >= 0.6 is 0 Å². The van der Waals surface area contributed by atoms with Gasteiger partial charge < -0.3 is 9.88 Å². The lowest BCUT2D eigenvalue weighted by atomic mass is 10.1. The molecule has 1 atom stereocenters. The van der Waals surface area contributed by atoms with E-state index >= 15 is 0 Å². The summed E-state index contributed by atoms with van der Waals surface area (Å²) in [6, 6.07) is 7.60. The molecule has 2 heterocycles. The number of anilines is 1. The van der Waals surface area contributed by atoms with Gasteiger partial charge in [-0.1, -0.05) is 0 Å². The van der Waals surface area contributed by atoms with Crippen LogP contribution in [0.15, 0.2) is 47.5 Å². The second-order valence-electron chi connectivity index (χ2n) is 6.88. The summed E-state index contributed by atoms with van der Waals surface area (Å²) in [5.74, 6) is 1.09. The average molecular weight is 365 g/mol. The Balaban J connectivity index is 1.82. The van der Waals surface area contributed by atoms with Crippen molar-refractivity contribution in [3.8, 4) is 0 Å². The number of hydrogen-bond donors (Lipinski definition) is 1. The number of nitrogens with zero attached hydrogens (tertiary/aromatic N) is 4. The van der Waals surface area contributed by atoms with Crippen molar-refractivity contribution in [2.75, 3.05) is 5.32 Å². The molecule has 2 aromatic heterocycles. The van der Waals surface area contributed by atoms with Gasteiger partial charge in [0.15, 0.2) is 0 Å². The number of pyridine rings is 1. The number of fused-ring (bicyclic) bond motifs is 1. The number of nitro groups is 1. The molecule has 1 unspecified atom stereocenters. The van der Waals surface area contributed by atoms with E-state index in [4.69, 9.17) is 0 Å². The Morgan fingerprint density at radius 3 is 2.70 bits per heavy atom. The fourth-order valence-corrected chi connectivity index (χ4v) is 3.18. The molecule has 138 valence electrons. The topological polar surface area (TPSA) is 103 Å². The number of non-ortho nitro benzene ring substituents is 1. The summed E-state index contributed by atoms with van der Waals surface area (Å²) < 4.78 is 1.71. The Morgan fingerprint density at radius 1 is 1.30 bits per heavy atom. The van der Waals surface area contributed by atoms with E-state index in [9.17, 15) is 14.9 Å². The van der Waals surface area contributed by atoms with Crippen LogP contribution in [0.3, 0.4) is 0 Å². The first kappa shape index (κ1) is 17.1. The first-order valence-corrected chi connectivity index (χ1v) is 8.88. The van der Waals surface area contributed by atoms with E-state index in [1.54, 1.807) is 29.1 Å². The number of nitrogens with one attached hydrogen (secondary N) is 1. The zero-order chi connectivity index (χ0) is 19.0. The predicted octanol–water partition coefficient (Wildman–Crippen LogP) is 3.28. The van der Waals surface area contributed by atoms with Gasteiger partial charge in [-0.2, -0.15) is 0 Å². The molecule has 1 aliphatic rings. The van der Waals surface area contributed by atoms with Crippen LogP contribution < -0.4 is 10.9 Å². The quantitative estimate of drug-likeness (QED) is 0.531. The summed E-state index contributed by atoms with van der Waals surface area (Å²) in [7, 11) is 0. The smallest absolute Gasteiger partial charge is 0.270 e. The van der Waals surface area contributed by atoms with Crippen molar-refractivity contribution in [1.82, 2.24) is 14.5 Å². The molecule has 8 heteroatoms. The highest BCUT2D eigenvalue weighted by molar-refractivity contribution is 5.93. The van der Waals surface area contributed by atoms with Crippen molar-refractivity contribution in [3.63, 3.8) is 0 Å². The van der Waals surface area contributed by atoms with Gasteiger partial charge in [0.25, 0.3) is 11.2 Å². The molecule has 0 saturated heterocycles. The zero-order valence-electron chi connectivity index (χ0n) is 14.8. The van der Waals surface area contributed by atoms with Crippen molar-refractivity contribution in [1.29, 1.82) is 0 Å². The molecule has 27 heavy (non-hydrogen) atoms. The molecule has 1 aromatic carbocycles. The molecule has 0 amide bonds. The van der Waals surface area contributed by atoms with Crippen LogP contribution in [0.1, 0.15) is 31.6 Å². The van der Waals surface area contributed by atoms with Crippen LogP contribution in [0.25, 0.3) is 10.9 Å². The minimum absolute atomic E-state index is 0.00853. The van der Waals surface area contributed by atoms with E-state index in [1.807, 2.05) is 6.92 Å². The van der Waals surface area contributed by atoms with Crippen LogP contribution in [0, 0.1) is 16.0 Å². The molecule has 0 radical (unpaired) electrons. The van der Waals surface area contributed by atoms with Crippen molar-refractivity contribution in [2.45, 2.75) is 32.4 Å². The maximum atomic E-state index is 12.7. The molecule has 8 nitrogen and oxygen atoms in total. The highest BCUT2D eigenvalue weighted by Crippen LogP contribution is 2.33. The molecular weight excluding hydrogens is 346 g/mol. The van der Waals surface area contributed by atoms with Gasteiger partial charge in [-0.05, 0) is 37.8 Å². The van der Waals surface area contributed by atoms with Crippen LogP contribution in [-0.4, -0.2) is 19.5 Å². The Morgan fingerprint density at radius 2 is 2.04 bits per heavy atom. The summed E-state index contributed by atoms with van der Waals surface area (Å²) in [5, 5.41) is 15.1. The minimum Gasteiger partial charge on any atom is -0.375 e.